The van der Waals surface area contributed by atoms with E-state index in [9.17, 15) is 9.59 Å². The molecule has 1 saturated heterocycles. The number of methoxy groups -OCH3 is 1. The van der Waals surface area contributed by atoms with Crippen molar-refractivity contribution in [3.8, 4) is 5.88 Å². The lowest BCUT2D eigenvalue weighted by atomic mass is 10.0. The molecule has 0 unspecified atom stereocenters. The highest BCUT2D eigenvalue weighted by atomic mass is 16.5. The number of carbonyl (C=O) groups excluding carboxylic acids is 2. The van der Waals surface area contributed by atoms with E-state index in [1.807, 2.05) is 36.4 Å². The van der Waals surface area contributed by atoms with Crippen LogP contribution in [0.1, 0.15) is 17.3 Å². The molecule has 2 aromatic rings. The first-order chi connectivity index (χ1) is 12.2. The lowest BCUT2D eigenvalue weighted by Crippen LogP contribution is -2.54. The number of nitrogens with zero attached hydrogens (tertiary/aromatic N) is 2. The first-order valence-electron chi connectivity index (χ1n) is 8.06. The Hall–Kier alpha value is -3.09. The predicted molar refractivity (Wildman–Crippen MR) is 91.9 cm³/mol. The van der Waals surface area contributed by atoms with Gasteiger partial charge in [0.1, 0.15) is 6.04 Å². The smallest absolute Gasteiger partial charge is 0.318 e. The Morgan fingerprint density at radius 2 is 2.08 bits per heavy atom. The molecule has 0 saturated carbocycles. The number of carbonyl (C=O) groups is 2. The molecule has 1 aliphatic rings. The van der Waals surface area contributed by atoms with E-state index in [2.05, 4.69) is 15.6 Å². The zero-order chi connectivity index (χ0) is 17.6. The maximum absolute atomic E-state index is 12.6. The zero-order valence-corrected chi connectivity index (χ0v) is 13.9. The van der Waals surface area contributed by atoms with Crippen molar-refractivity contribution in [2.75, 3.05) is 20.2 Å². The molecule has 1 aliphatic heterocycles. The van der Waals surface area contributed by atoms with E-state index in [-0.39, 0.29) is 18.5 Å². The summed E-state index contributed by atoms with van der Waals surface area (Å²) >= 11 is 0. The van der Waals surface area contributed by atoms with Gasteiger partial charge in [-0.15, -0.1) is 0 Å². The summed E-state index contributed by atoms with van der Waals surface area (Å²) in [5.74, 6) is 0.318. The van der Waals surface area contributed by atoms with E-state index >= 15 is 0 Å². The summed E-state index contributed by atoms with van der Waals surface area (Å²) in [6, 6.07) is 13.7. The highest BCUT2D eigenvalue weighted by molar-refractivity contribution is 5.89. The average Bonchev–Trinajstić information content (AvgIpc) is 2.66. The average molecular weight is 340 g/mol. The van der Waals surface area contributed by atoms with Crippen molar-refractivity contribution in [1.29, 1.82) is 0 Å². The van der Waals surface area contributed by atoms with Gasteiger partial charge in [0.15, 0.2) is 0 Å². The van der Waals surface area contributed by atoms with Gasteiger partial charge in [-0.25, -0.2) is 9.78 Å². The third kappa shape index (κ3) is 3.88. The molecule has 1 aromatic carbocycles. The lowest BCUT2D eigenvalue weighted by Gasteiger charge is -2.35. The molecule has 3 amide bonds. The second-order valence-corrected chi connectivity index (χ2v) is 5.63. The molecular formula is C18H20N4O3. The highest BCUT2D eigenvalue weighted by Crippen LogP contribution is 2.23. The molecule has 130 valence electrons. The predicted octanol–water partition coefficient (Wildman–Crippen LogP) is 1.47. The van der Waals surface area contributed by atoms with Crippen LogP contribution in [-0.2, 0) is 11.3 Å². The van der Waals surface area contributed by atoms with E-state index in [1.54, 1.807) is 24.1 Å². The van der Waals surface area contributed by atoms with Gasteiger partial charge in [0, 0.05) is 19.2 Å². The maximum atomic E-state index is 12.6. The molecule has 2 N–H and O–H groups in total. The second kappa shape index (κ2) is 7.65. The number of urea groups is 1. The van der Waals surface area contributed by atoms with E-state index in [1.165, 1.54) is 0 Å². The topological polar surface area (TPSA) is 83.6 Å². The Morgan fingerprint density at radius 1 is 1.28 bits per heavy atom. The van der Waals surface area contributed by atoms with Gasteiger partial charge >= 0.3 is 6.03 Å². The first-order valence-corrected chi connectivity index (χ1v) is 8.06. The summed E-state index contributed by atoms with van der Waals surface area (Å²) in [6.07, 6.45) is 0. The van der Waals surface area contributed by atoms with Crippen molar-refractivity contribution in [3.63, 3.8) is 0 Å². The van der Waals surface area contributed by atoms with Crippen LogP contribution in [-0.4, -0.2) is 42.0 Å². The van der Waals surface area contributed by atoms with E-state index < -0.39 is 6.04 Å². The van der Waals surface area contributed by atoms with Crippen LogP contribution in [0.4, 0.5) is 4.79 Å². The van der Waals surface area contributed by atoms with Crippen LogP contribution >= 0.6 is 0 Å². The van der Waals surface area contributed by atoms with Gasteiger partial charge in [-0.3, -0.25) is 4.79 Å². The lowest BCUT2D eigenvalue weighted by molar-refractivity contribution is -0.127. The van der Waals surface area contributed by atoms with Crippen LogP contribution in [0.25, 0.3) is 0 Å². The molecule has 0 bridgehead atoms. The van der Waals surface area contributed by atoms with Gasteiger partial charge in [0.05, 0.1) is 19.3 Å². The number of hydrogen-bond acceptors (Lipinski definition) is 4. The summed E-state index contributed by atoms with van der Waals surface area (Å²) in [7, 11) is 1.54. The molecule has 0 spiro atoms. The monoisotopic (exact) mass is 340 g/mol. The summed E-state index contributed by atoms with van der Waals surface area (Å²) in [5, 5.41) is 5.64. The Kier molecular flexibility index (Phi) is 5.13. The molecule has 0 radical (unpaired) electrons. The molecule has 7 nitrogen and oxygen atoms in total. The second-order valence-electron chi connectivity index (χ2n) is 5.63. The van der Waals surface area contributed by atoms with Crippen molar-refractivity contribution in [3.05, 3.63) is 59.8 Å². The standard InChI is InChI=1S/C18H20N4O3/c1-25-15-9-5-8-14(21-15)12-20-18(24)22-11-10-19-17(23)16(22)13-6-3-2-4-7-13/h2-9,16H,10-12H2,1H3,(H,19,23)(H,20,24)/t16-/m0/s1. The number of rotatable bonds is 4. The van der Waals surface area contributed by atoms with Crippen molar-refractivity contribution in [1.82, 2.24) is 20.5 Å². The molecule has 1 fully saturated rings. The molecule has 2 heterocycles. The van der Waals surface area contributed by atoms with Crippen LogP contribution in [0.2, 0.25) is 0 Å². The van der Waals surface area contributed by atoms with Gasteiger partial charge in [-0.1, -0.05) is 36.4 Å². The van der Waals surface area contributed by atoms with Crippen LogP contribution in [0.15, 0.2) is 48.5 Å². The molecule has 3 rings (SSSR count). The Labute approximate surface area is 146 Å². The van der Waals surface area contributed by atoms with Crippen LogP contribution in [0, 0.1) is 0 Å². The van der Waals surface area contributed by atoms with Gasteiger partial charge in [-0.05, 0) is 11.6 Å². The summed E-state index contributed by atoms with van der Waals surface area (Å²) in [4.78, 5) is 30.8. The largest absolute Gasteiger partial charge is 0.481 e. The normalized spacial score (nSPS) is 16.9. The number of benzene rings is 1. The number of hydrogen-bond donors (Lipinski definition) is 2. The van der Waals surface area contributed by atoms with Gasteiger partial charge < -0.3 is 20.3 Å². The summed E-state index contributed by atoms with van der Waals surface area (Å²) in [6.45, 7) is 1.14. The fourth-order valence-corrected chi connectivity index (χ4v) is 2.79. The zero-order valence-electron chi connectivity index (χ0n) is 13.9. The number of nitrogens with one attached hydrogen (secondary N) is 2. The van der Waals surface area contributed by atoms with Gasteiger partial charge in [0.25, 0.3) is 0 Å². The molecule has 1 atom stereocenters. The molecule has 25 heavy (non-hydrogen) atoms. The van der Waals surface area contributed by atoms with Gasteiger partial charge in [0.2, 0.25) is 11.8 Å². The third-order valence-electron chi connectivity index (χ3n) is 4.00. The highest BCUT2D eigenvalue weighted by Gasteiger charge is 2.34. The van der Waals surface area contributed by atoms with E-state index in [0.717, 1.165) is 5.56 Å². The van der Waals surface area contributed by atoms with Crippen molar-refractivity contribution < 1.29 is 14.3 Å². The fraction of sp³-hybridized carbons (Fsp3) is 0.278. The fourth-order valence-electron chi connectivity index (χ4n) is 2.79. The van der Waals surface area contributed by atoms with E-state index in [4.69, 9.17) is 4.74 Å². The number of aromatic nitrogens is 1. The van der Waals surface area contributed by atoms with Gasteiger partial charge in [-0.2, -0.15) is 0 Å². The number of piperazine rings is 1. The summed E-state index contributed by atoms with van der Waals surface area (Å²) < 4.78 is 5.08. The third-order valence-corrected chi connectivity index (χ3v) is 4.00. The first kappa shape index (κ1) is 16.8. The van der Waals surface area contributed by atoms with Crippen LogP contribution in [0.5, 0.6) is 5.88 Å². The van der Waals surface area contributed by atoms with Crippen molar-refractivity contribution in [2.45, 2.75) is 12.6 Å². The number of ether oxygens (including phenoxy) is 1. The minimum Gasteiger partial charge on any atom is -0.481 e. The van der Waals surface area contributed by atoms with E-state index in [0.29, 0.717) is 24.7 Å². The number of pyridine rings is 1. The minimum absolute atomic E-state index is 0.174. The molecule has 1 aromatic heterocycles. The summed E-state index contributed by atoms with van der Waals surface area (Å²) in [5.41, 5.74) is 1.47. The Bertz CT molecular complexity index is 751. The van der Waals surface area contributed by atoms with Crippen molar-refractivity contribution in [2.24, 2.45) is 0 Å². The number of amides is 3. The van der Waals surface area contributed by atoms with Crippen LogP contribution in [0.3, 0.4) is 0 Å². The van der Waals surface area contributed by atoms with Crippen LogP contribution < -0.4 is 15.4 Å². The SMILES string of the molecule is COc1cccc(CNC(=O)N2CCNC(=O)[C@@H]2c2ccccc2)n1. The molecule has 7 heteroatoms. The Balaban J connectivity index is 1.71. The Morgan fingerprint density at radius 3 is 2.84 bits per heavy atom. The quantitative estimate of drug-likeness (QED) is 0.883. The minimum atomic E-state index is -0.631. The molecule has 0 aliphatic carbocycles. The molecular weight excluding hydrogens is 320 g/mol. The maximum Gasteiger partial charge on any atom is 0.318 e. The van der Waals surface area contributed by atoms with Crippen molar-refractivity contribution >= 4 is 11.9 Å².